The van der Waals surface area contributed by atoms with E-state index in [2.05, 4.69) is 15.3 Å². The van der Waals surface area contributed by atoms with Crippen LogP contribution < -0.4 is 9.62 Å². The Morgan fingerprint density at radius 3 is 2.77 bits per heavy atom. The molecule has 0 spiro atoms. The van der Waals surface area contributed by atoms with Crippen LogP contribution in [0.4, 0.5) is 11.6 Å². The number of aromatic amines is 1. The van der Waals surface area contributed by atoms with Crippen LogP contribution in [0.25, 0.3) is 11.0 Å². The minimum atomic E-state index is -3.34. The molecule has 0 aliphatic carbocycles. The maximum Gasteiger partial charge on any atom is 0.257 e. The van der Waals surface area contributed by atoms with Crippen molar-refractivity contribution in [2.75, 3.05) is 15.9 Å². The van der Waals surface area contributed by atoms with Gasteiger partial charge in [0.1, 0.15) is 0 Å². The minimum absolute atomic E-state index is 0.159. The molecule has 1 aliphatic rings. The van der Waals surface area contributed by atoms with Crippen LogP contribution in [0, 0.1) is 0 Å². The number of fused-ring (bicyclic) bond motifs is 2. The molecule has 26 heavy (non-hydrogen) atoms. The van der Waals surface area contributed by atoms with Crippen LogP contribution in [-0.2, 0) is 16.4 Å². The smallest absolute Gasteiger partial charge is 0.257 e. The number of hydrogen-bond acceptors (Lipinski definition) is 4. The summed E-state index contributed by atoms with van der Waals surface area (Å²) in [6.45, 7) is 1.86. The van der Waals surface area contributed by atoms with E-state index in [-0.39, 0.29) is 11.9 Å². The van der Waals surface area contributed by atoms with Crippen molar-refractivity contribution in [3.63, 3.8) is 0 Å². The molecule has 8 heteroatoms. The highest BCUT2D eigenvalue weighted by atomic mass is 32.2. The maximum absolute atomic E-state index is 12.5. The Morgan fingerprint density at radius 1 is 1.27 bits per heavy atom. The van der Waals surface area contributed by atoms with Gasteiger partial charge in [-0.1, -0.05) is 12.1 Å². The fourth-order valence-corrected chi connectivity index (χ4v) is 4.70. The lowest BCUT2D eigenvalue weighted by Crippen LogP contribution is -2.34. The standard InChI is InChI=1S/C18H18N4O3S/c1-11-9-13-10-12(7-8-16(13)22(11)26(2,24)25)17(23)21-18-19-14-5-3-4-6-15(14)20-18/h3-8,10-11H,9H2,1-2H3,(H2,19,20,21,23)/t11-/m0/s1. The fourth-order valence-electron chi connectivity index (χ4n) is 3.44. The lowest BCUT2D eigenvalue weighted by molar-refractivity contribution is 0.102. The topological polar surface area (TPSA) is 95.2 Å². The Labute approximate surface area is 151 Å². The summed E-state index contributed by atoms with van der Waals surface area (Å²) in [5.74, 6) is 0.0835. The molecule has 2 N–H and O–H groups in total. The average molecular weight is 370 g/mol. The number of imidazole rings is 1. The molecule has 0 fully saturated rings. The molecule has 1 atom stereocenters. The van der Waals surface area contributed by atoms with Crippen LogP contribution in [0.5, 0.6) is 0 Å². The molecule has 0 bridgehead atoms. The number of H-pyrrole nitrogens is 1. The number of hydrogen-bond donors (Lipinski definition) is 2. The van der Waals surface area contributed by atoms with E-state index in [1.807, 2.05) is 31.2 Å². The second-order valence-electron chi connectivity index (χ2n) is 6.51. The predicted octanol–water partition coefficient (Wildman–Crippen LogP) is 2.53. The van der Waals surface area contributed by atoms with Gasteiger partial charge in [0.05, 0.1) is 23.0 Å². The van der Waals surface area contributed by atoms with Crippen molar-refractivity contribution in [1.29, 1.82) is 0 Å². The molecular weight excluding hydrogens is 352 g/mol. The highest BCUT2D eigenvalue weighted by Gasteiger charge is 2.32. The van der Waals surface area contributed by atoms with Crippen LogP contribution in [-0.4, -0.2) is 36.6 Å². The highest BCUT2D eigenvalue weighted by molar-refractivity contribution is 7.92. The zero-order chi connectivity index (χ0) is 18.5. The van der Waals surface area contributed by atoms with Crippen LogP contribution in [0.15, 0.2) is 42.5 Å². The van der Waals surface area contributed by atoms with E-state index >= 15 is 0 Å². The van der Waals surface area contributed by atoms with Crippen LogP contribution >= 0.6 is 0 Å². The molecule has 0 radical (unpaired) electrons. The SMILES string of the molecule is C[C@H]1Cc2cc(C(=O)Nc3nc4ccccc4[nH]3)ccc2N1S(C)(=O)=O. The number of rotatable bonds is 3. The first kappa shape index (κ1) is 16.6. The molecule has 0 saturated heterocycles. The number of benzene rings is 2. The monoisotopic (exact) mass is 370 g/mol. The van der Waals surface area contributed by atoms with Crippen LogP contribution in [0.3, 0.4) is 0 Å². The van der Waals surface area contributed by atoms with Gasteiger partial charge in [0.25, 0.3) is 5.91 Å². The van der Waals surface area contributed by atoms with Gasteiger partial charge in [-0.2, -0.15) is 0 Å². The predicted molar refractivity (Wildman–Crippen MR) is 101 cm³/mol. The van der Waals surface area contributed by atoms with Crippen molar-refractivity contribution in [1.82, 2.24) is 9.97 Å². The van der Waals surface area contributed by atoms with Crippen molar-refractivity contribution in [3.05, 3.63) is 53.6 Å². The largest absolute Gasteiger partial charge is 0.324 e. The van der Waals surface area contributed by atoms with Crippen molar-refractivity contribution in [2.45, 2.75) is 19.4 Å². The number of aromatic nitrogens is 2. The number of para-hydroxylation sites is 2. The van der Waals surface area contributed by atoms with E-state index in [1.165, 1.54) is 10.6 Å². The summed E-state index contributed by atoms with van der Waals surface area (Å²) < 4.78 is 25.4. The van der Waals surface area contributed by atoms with Crippen LogP contribution in [0.2, 0.25) is 0 Å². The number of carbonyl (C=O) groups is 1. The molecule has 0 unspecified atom stereocenters. The lowest BCUT2D eigenvalue weighted by Gasteiger charge is -2.21. The van der Waals surface area contributed by atoms with Gasteiger partial charge in [0, 0.05) is 11.6 Å². The number of sulfonamides is 1. The van der Waals surface area contributed by atoms with E-state index in [0.717, 1.165) is 16.6 Å². The van der Waals surface area contributed by atoms with E-state index in [4.69, 9.17) is 0 Å². The van der Waals surface area contributed by atoms with Crippen molar-refractivity contribution < 1.29 is 13.2 Å². The van der Waals surface area contributed by atoms with Gasteiger partial charge >= 0.3 is 0 Å². The van der Waals surface area contributed by atoms with Gasteiger partial charge in [-0.3, -0.25) is 14.4 Å². The Morgan fingerprint density at radius 2 is 2.04 bits per heavy atom. The van der Waals surface area contributed by atoms with E-state index in [0.29, 0.717) is 23.6 Å². The first-order valence-electron chi connectivity index (χ1n) is 8.21. The van der Waals surface area contributed by atoms with Crippen molar-refractivity contribution >= 4 is 38.6 Å². The molecule has 1 amide bonds. The van der Waals surface area contributed by atoms with Gasteiger partial charge in [-0.15, -0.1) is 0 Å². The van der Waals surface area contributed by atoms with Crippen molar-refractivity contribution in [3.8, 4) is 0 Å². The fraction of sp³-hybridized carbons (Fsp3) is 0.222. The van der Waals surface area contributed by atoms with Gasteiger partial charge in [-0.25, -0.2) is 13.4 Å². The Bertz CT molecular complexity index is 1090. The first-order valence-corrected chi connectivity index (χ1v) is 10.1. The number of nitrogens with one attached hydrogen (secondary N) is 2. The third kappa shape index (κ3) is 2.82. The molecule has 3 aromatic rings. The normalized spacial score (nSPS) is 16.7. The lowest BCUT2D eigenvalue weighted by atomic mass is 10.1. The second kappa shape index (κ2) is 5.84. The Balaban J connectivity index is 1.61. The van der Waals surface area contributed by atoms with Gasteiger partial charge < -0.3 is 4.98 Å². The molecule has 2 heterocycles. The maximum atomic E-state index is 12.5. The van der Waals surface area contributed by atoms with Gasteiger partial charge in [0.15, 0.2) is 0 Å². The molecule has 7 nitrogen and oxygen atoms in total. The van der Waals surface area contributed by atoms with E-state index < -0.39 is 10.0 Å². The third-order valence-electron chi connectivity index (χ3n) is 4.47. The number of carbonyl (C=O) groups excluding carboxylic acids is 1. The number of nitrogens with zero attached hydrogens (tertiary/aromatic N) is 2. The van der Waals surface area contributed by atoms with Gasteiger partial charge in [-0.05, 0) is 49.2 Å². The summed E-state index contributed by atoms with van der Waals surface area (Å²) in [5, 5.41) is 2.75. The molecular formula is C18H18N4O3S. The van der Waals surface area contributed by atoms with E-state index in [9.17, 15) is 13.2 Å². The van der Waals surface area contributed by atoms with Gasteiger partial charge in [0.2, 0.25) is 16.0 Å². The molecule has 0 saturated carbocycles. The summed E-state index contributed by atoms with van der Waals surface area (Å²) in [4.78, 5) is 19.9. The summed E-state index contributed by atoms with van der Waals surface area (Å²) in [6, 6.07) is 12.4. The Hall–Kier alpha value is -2.87. The summed E-state index contributed by atoms with van der Waals surface area (Å²) >= 11 is 0. The molecule has 2 aromatic carbocycles. The molecule has 1 aromatic heterocycles. The third-order valence-corrected chi connectivity index (χ3v) is 5.74. The second-order valence-corrected chi connectivity index (χ2v) is 8.37. The summed E-state index contributed by atoms with van der Waals surface area (Å²) in [7, 11) is -3.34. The molecule has 134 valence electrons. The average Bonchev–Trinajstić information content (AvgIpc) is 3.12. The zero-order valence-corrected chi connectivity index (χ0v) is 15.2. The zero-order valence-electron chi connectivity index (χ0n) is 14.4. The van der Waals surface area contributed by atoms with E-state index in [1.54, 1.807) is 18.2 Å². The number of amides is 1. The minimum Gasteiger partial charge on any atom is -0.324 e. The van der Waals surface area contributed by atoms with Crippen molar-refractivity contribution in [2.24, 2.45) is 0 Å². The number of anilines is 2. The summed E-state index contributed by atoms with van der Waals surface area (Å²) in [5.41, 5.74) is 3.57. The molecule has 4 rings (SSSR count). The summed E-state index contributed by atoms with van der Waals surface area (Å²) in [6.07, 6.45) is 1.77. The Kier molecular flexibility index (Phi) is 3.73. The first-order chi connectivity index (χ1) is 12.3. The highest BCUT2D eigenvalue weighted by Crippen LogP contribution is 2.34. The molecule has 1 aliphatic heterocycles. The quantitative estimate of drug-likeness (QED) is 0.741. The van der Waals surface area contributed by atoms with Crippen LogP contribution in [0.1, 0.15) is 22.8 Å².